The van der Waals surface area contributed by atoms with Crippen LogP contribution < -0.4 is 5.32 Å². The lowest BCUT2D eigenvalue weighted by molar-refractivity contribution is 0.127. The molecule has 2 aliphatic rings. The van der Waals surface area contributed by atoms with E-state index in [-0.39, 0.29) is 18.6 Å². The van der Waals surface area contributed by atoms with Crippen molar-refractivity contribution in [2.45, 2.75) is 45.4 Å². The molecule has 0 spiro atoms. The quantitative estimate of drug-likeness (QED) is 0.809. The molecule has 1 atom stereocenters. The predicted octanol–water partition coefficient (Wildman–Crippen LogP) is 1.98. The molecule has 104 valence electrons. The van der Waals surface area contributed by atoms with E-state index in [0.29, 0.717) is 12.0 Å². The Morgan fingerprint density at radius 1 is 1.39 bits per heavy atom. The van der Waals surface area contributed by atoms with Crippen LogP contribution in [0.15, 0.2) is 0 Å². The number of piperidine rings is 1. The maximum atomic E-state index is 12.1. The first kappa shape index (κ1) is 13.7. The van der Waals surface area contributed by atoms with Crippen molar-refractivity contribution in [2.75, 3.05) is 26.2 Å². The van der Waals surface area contributed by atoms with Crippen molar-refractivity contribution in [3.8, 4) is 0 Å². The molecule has 2 fully saturated rings. The third-order valence-corrected chi connectivity index (χ3v) is 4.54. The van der Waals surface area contributed by atoms with Gasteiger partial charge in [-0.1, -0.05) is 19.8 Å². The summed E-state index contributed by atoms with van der Waals surface area (Å²) in [5.74, 6) is 0.270. The fraction of sp³-hybridized carbons (Fsp3) is 0.929. The van der Waals surface area contributed by atoms with Gasteiger partial charge in [-0.2, -0.15) is 0 Å². The minimum Gasteiger partial charge on any atom is -0.396 e. The number of hydrogen-bond acceptors (Lipinski definition) is 2. The minimum atomic E-state index is 0.0567. The van der Waals surface area contributed by atoms with Crippen LogP contribution in [0.1, 0.15) is 45.4 Å². The van der Waals surface area contributed by atoms with E-state index >= 15 is 0 Å². The molecule has 1 unspecified atom stereocenters. The molecule has 1 aliphatic carbocycles. The second kappa shape index (κ2) is 5.91. The second-order valence-electron chi connectivity index (χ2n) is 6.31. The van der Waals surface area contributed by atoms with Crippen molar-refractivity contribution in [1.82, 2.24) is 10.2 Å². The standard InChI is InChI=1S/C14H26N2O2/c1-14(6-2-3-7-14)11-15-13(18)16-8-4-5-12(9-16)10-17/h12,17H,2-11H2,1H3,(H,15,18). The minimum absolute atomic E-state index is 0.0567. The first-order valence-corrected chi connectivity index (χ1v) is 7.27. The van der Waals surface area contributed by atoms with E-state index in [1.54, 1.807) is 0 Å². The van der Waals surface area contributed by atoms with Crippen molar-refractivity contribution >= 4 is 6.03 Å². The molecule has 4 heteroatoms. The molecule has 2 N–H and O–H groups in total. The molecule has 0 bridgehead atoms. The van der Waals surface area contributed by atoms with Gasteiger partial charge in [-0.15, -0.1) is 0 Å². The van der Waals surface area contributed by atoms with Gasteiger partial charge in [0.05, 0.1) is 0 Å². The van der Waals surface area contributed by atoms with Gasteiger partial charge in [0.1, 0.15) is 0 Å². The van der Waals surface area contributed by atoms with Crippen LogP contribution in [-0.2, 0) is 0 Å². The van der Waals surface area contributed by atoms with Gasteiger partial charge >= 0.3 is 6.03 Å². The van der Waals surface area contributed by atoms with Crippen LogP contribution in [0.25, 0.3) is 0 Å². The number of hydrogen-bond donors (Lipinski definition) is 2. The molecule has 4 nitrogen and oxygen atoms in total. The molecule has 1 heterocycles. The number of nitrogens with zero attached hydrogens (tertiary/aromatic N) is 1. The van der Waals surface area contributed by atoms with E-state index in [9.17, 15) is 9.90 Å². The first-order chi connectivity index (χ1) is 8.63. The summed E-state index contributed by atoms with van der Waals surface area (Å²) in [5.41, 5.74) is 0.307. The lowest BCUT2D eigenvalue weighted by atomic mass is 9.89. The second-order valence-corrected chi connectivity index (χ2v) is 6.31. The summed E-state index contributed by atoms with van der Waals surface area (Å²) < 4.78 is 0. The van der Waals surface area contributed by atoms with Gasteiger partial charge in [-0.25, -0.2) is 4.79 Å². The Balaban J connectivity index is 1.77. The summed E-state index contributed by atoms with van der Waals surface area (Å²) in [4.78, 5) is 14.0. The molecule has 2 amide bonds. The lowest BCUT2D eigenvalue weighted by Gasteiger charge is -2.33. The summed E-state index contributed by atoms with van der Waals surface area (Å²) in [6.07, 6.45) is 7.10. The number of aliphatic hydroxyl groups is 1. The van der Waals surface area contributed by atoms with Crippen LogP contribution in [0.5, 0.6) is 0 Å². The van der Waals surface area contributed by atoms with Gasteiger partial charge in [0.2, 0.25) is 0 Å². The third kappa shape index (κ3) is 3.37. The van der Waals surface area contributed by atoms with E-state index in [2.05, 4.69) is 12.2 Å². The highest BCUT2D eigenvalue weighted by Gasteiger charge is 2.30. The monoisotopic (exact) mass is 254 g/mol. The van der Waals surface area contributed by atoms with Crippen molar-refractivity contribution < 1.29 is 9.90 Å². The SMILES string of the molecule is CC1(CNC(=O)N2CCCC(CO)C2)CCCC1. The van der Waals surface area contributed by atoms with E-state index in [4.69, 9.17) is 0 Å². The number of rotatable bonds is 3. The zero-order chi connectivity index (χ0) is 13.0. The molecule has 2 rings (SSSR count). The molecular weight excluding hydrogens is 228 g/mol. The van der Waals surface area contributed by atoms with Gasteiger partial charge in [-0.05, 0) is 37.0 Å². The Morgan fingerprint density at radius 3 is 2.78 bits per heavy atom. The van der Waals surface area contributed by atoms with Gasteiger partial charge in [0, 0.05) is 26.2 Å². The van der Waals surface area contributed by atoms with Crippen LogP contribution in [0.3, 0.4) is 0 Å². The molecular formula is C14H26N2O2. The largest absolute Gasteiger partial charge is 0.396 e. The fourth-order valence-corrected chi connectivity index (χ4v) is 3.20. The molecule has 0 aromatic rings. The van der Waals surface area contributed by atoms with Crippen molar-refractivity contribution in [1.29, 1.82) is 0 Å². The maximum absolute atomic E-state index is 12.1. The van der Waals surface area contributed by atoms with Crippen LogP contribution in [-0.4, -0.2) is 42.3 Å². The van der Waals surface area contributed by atoms with Crippen molar-refractivity contribution in [3.05, 3.63) is 0 Å². The average Bonchev–Trinajstić information content (AvgIpc) is 2.83. The van der Waals surface area contributed by atoms with Gasteiger partial charge in [-0.3, -0.25) is 0 Å². The van der Waals surface area contributed by atoms with E-state index < -0.39 is 0 Å². The van der Waals surface area contributed by atoms with Gasteiger partial charge in [0.15, 0.2) is 0 Å². The first-order valence-electron chi connectivity index (χ1n) is 7.27. The van der Waals surface area contributed by atoms with E-state index in [0.717, 1.165) is 25.9 Å². The predicted molar refractivity (Wildman–Crippen MR) is 71.4 cm³/mol. The maximum Gasteiger partial charge on any atom is 0.317 e. The number of carbonyl (C=O) groups excluding carboxylic acids is 1. The Hall–Kier alpha value is -0.770. The van der Waals surface area contributed by atoms with Crippen LogP contribution >= 0.6 is 0 Å². The summed E-state index contributed by atoms with van der Waals surface area (Å²) >= 11 is 0. The van der Waals surface area contributed by atoms with Crippen molar-refractivity contribution in [2.24, 2.45) is 11.3 Å². The normalized spacial score (nSPS) is 27.2. The summed E-state index contributed by atoms with van der Waals surface area (Å²) in [7, 11) is 0. The van der Waals surface area contributed by atoms with Crippen LogP contribution in [0.4, 0.5) is 4.79 Å². The molecule has 0 aromatic carbocycles. The molecule has 1 aliphatic heterocycles. The number of urea groups is 1. The van der Waals surface area contributed by atoms with E-state index in [1.165, 1.54) is 25.7 Å². The third-order valence-electron chi connectivity index (χ3n) is 4.54. The molecule has 18 heavy (non-hydrogen) atoms. The Kier molecular flexibility index (Phi) is 4.49. The molecule has 0 aromatic heterocycles. The smallest absolute Gasteiger partial charge is 0.317 e. The summed E-state index contributed by atoms with van der Waals surface area (Å²) in [6, 6.07) is 0.0567. The average molecular weight is 254 g/mol. The van der Waals surface area contributed by atoms with Gasteiger partial charge < -0.3 is 15.3 Å². The van der Waals surface area contributed by atoms with Crippen LogP contribution in [0, 0.1) is 11.3 Å². The highest BCUT2D eigenvalue weighted by molar-refractivity contribution is 5.74. The zero-order valence-corrected chi connectivity index (χ0v) is 11.5. The Morgan fingerprint density at radius 2 is 2.11 bits per heavy atom. The van der Waals surface area contributed by atoms with Gasteiger partial charge in [0.25, 0.3) is 0 Å². The number of amides is 2. The number of aliphatic hydroxyl groups excluding tert-OH is 1. The number of likely N-dealkylation sites (tertiary alicyclic amines) is 1. The Bertz CT molecular complexity index is 288. The zero-order valence-electron chi connectivity index (χ0n) is 11.5. The lowest BCUT2D eigenvalue weighted by Crippen LogP contribution is -2.48. The molecule has 1 saturated carbocycles. The summed E-state index contributed by atoms with van der Waals surface area (Å²) in [6.45, 7) is 4.80. The highest BCUT2D eigenvalue weighted by atomic mass is 16.3. The van der Waals surface area contributed by atoms with E-state index in [1.807, 2.05) is 4.90 Å². The highest BCUT2D eigenvalue weighted by Crippen LogP contribution is 2.36. The topological polar surface area (TPSA) is 52.6 Å². The molecule has 1 saturated heterocycles. The summed E-state index contributed by atoms with van der Waals surface area (Å²) in [5, 5.41) is 12.3. The Labute approximate surface area is 110 Å². The van der Waals surface area contributed by atoms with Crippen molar-refractivity contribution in [3.63, 3.8) is 0 Å². The van der Waals surface area contributed by atoms with Crippen LogP contribution in [0.2, 0.25) is 0 Å². The number of carbonyl (C=O) groups is 1. The number of nitrogens with one attached hydrogen (secondary N) is 1. The fourth-order valence-electron chi connectivity index (χ4n) is 3.20. The molecule has 0 radical (unpaired) electrons.